The minimum absolute atomic E-state index is 0.0721. The molecule has 3 rings (SSSR count). The largest absolute Gasteiger partial charge is 0.491 e. The molecule has 1 heterocycles. The summed E-state index contributed by atoms with van der Waals surface area (Å²) in [6.07, 6.45) is 4.40. The maximum absolute atomic E-state index is 12.2. The van der Waals surface area contributed by atoms with Gasteiger partial charge in [-0.3, -0.25) is 9.59 Å². The highest BCUT2D eigenvalue weighted by Gasteiger charge is 2.34. The Kier molecular flexibility index (Phi) is 2.69. The standard InChI is InChI=1S/C15H16O3/c1-9(16)13-8-18-15-11-5-3-2-4-10(11)6-7-12(15)14(13)17/h6-7,13H,2-5,8H2,1H3. The monoisotopic (exact) mass is 244 g/mol. The van der Waals surface area contributed by atoms with Gasteiger partial charge in [0.15, 0.2) is 5.78 Å². The van der Waals surface area contributed by atoms with E-state index in [1.54, 1.807) is 0 Å². The van der Waals surface area contributed by atoms with Gasteiger partial charge in [0.1, 0.15) is 24.1 Å². The first kappa shape index (κ1) is 11.5. The molecule has 1 aromatic carbocycles. The van der Waals surface area contributed by atoms with Gasteiger partial charge in [-0.05, 0) is 49.8 Å². The Labute approximate surface area is 106 Å². The summed E-state index contributed by atoms with van der Waals surface area (Å²) in [5.41, 5.74) is 3.09. The first-order valence-corrected chi connectivity index (χ1v) is 6.50. The van der Waals surface area contributed by atoms with Crippen LogP contribution in [0.5, 0.6) is 5.75 Å². The predicted molar refractivity (Wildman–Crippen MR) is 67.1 cm³/mol. The quantitative estimate of drug-likeness (QED) is 0.712. The predicted octanol–water partition coefficient (Wildman–Crippen LogP) is 2.35. The molecular weight excluding hydrogens is 228 g/mol. The lowest BCUT2D eigenvalue weighted by Crippen LogP contribution is -2.33. The number of carbonyl (C=O) groups excluding carboxylic acids is 2. The lowest BCUT2D eigenvalue weighted by Gasteiger charge is -2.27. The Bertz CT molecular complexity index is 531. The fourth-order valence-corrected chi connectivity index (χ4v) is 2.89. The molecule has 0 saturated heterocycles. The van der Waals surface area contributed by atoms with E-state index in [1.807, 2.05) is 12.1 Å². The molecule has 94 valence electrons. The molecule has 0 aromatic heterocycles. The van der Waals surface area contributed by atoms with Gasteiger partial charge < -0.3 is 4.74 Å². The van der Waals surface area contributed by atoms with Crippen LogP contribution in [0.15, 0.2) is 12.1 Å². The van der Waals surface area contributed by atoms with Crippen LogP contribution in [0.2, 0.25) is 0 Å². The van der Waals surface area contributed by atoms with Gasteiger partial charge in [0.05, 0.1) is 5.56 Å². The fraction of sp³-hybridized carbons (Fsp3) is 0.467. The first-order valence-electron chi connectivity index (χ1n) is 6.50. The lowest BCUT2D eigenvalue weighted by molar-refractivity contribution is -0.120. The number of rotatable bonds is 1. The number of Topliss-reactive ketones (excluding diaryl/α,β-unsaturated/α-hetero) is 2. The summed E-state index contributed by atoms with van der Waals surface area (Å²) in [5.74, 6) is -0.0469. The molecule has 0 spiro atoms. The highest BCUT2D eigenvalue weighted by Crippen LogP contribution is 2.36. The van der Waals surface area contributed by atoms with Crippen LogP contribution in [0.4, 0.5) is 0 Å². The molecule has 0 N–H and O–H groups in total. The van der Waals surface area contributed by atoms with Crippen LogP contribution >= 0.6 is 0 Å². The average Bonchev–Trinajstić information content (AvgIpc) is 2.38. The molecule has 0 fully saturated rings. The number of benzene rings is 1. The molecule has 1 atom stereocenters. The van der Waals surface area contributed by atoms with Crippen molar-refractivity contribution in [3.8, 4) is 5.75 Å². The third-order valence-electron chi connectivity index (χ3n) is 3.95. The summed E-state index contributed by atoms with van der Waals surface area (Å²) in [6.45, 7) is 1.66. The number of hydrogen-bond donors (Lipinski definition) is 0. The number of carbonyl (C=O) groups is 2. The van der Waals surface area contributed by atoms with Crippen molar-refractivity contribution in [3.05, 3.63) is 28.8 Å². The zero-order valence-corrected chi connectivity index (χ0v) is 10.5. The number of hydrogen-bond acceptors (Lipinski definition) is 3. The SMILES string of the molecule is CC(=O)C1COc2c(ccc3c2CCCC3)C1=O. The fourth-order valence-electron chi connectivity index (χ4n) is 2.89. The van der Waals surface area contributed by atoms with E-state index >= 15 is 0 Å². The smallest absolute Gasteiger partial charge is 0.180 e. The summed E-state index contributed by atoms with van der Waals surface area (Å²) in [7, 11) is 0. The van der Waals surface area contributed by atoms with E-state index in [4.69, 9.17) is 4.74 Å². The molecule has 3 heteroatoms. The van der Waals surface area contributed by atoms with E-state index in [0.29, 0.717) is 5.56 Å². The van der Waals surface area contributed by atoms with Crippen LogP contribution < -0.4 is 4.74 Å². The molecule has 1 unspecified atom stereocenters. The van der Waals surface area contributed by atoms with E-state index in [0.717, 1.165) is 25.0 Å². The molecule has 1 aromatic rings. The van der Waals surface area contributed by atoms with Crippen molar-refractivity contribution in [2.75, 3.05) is 6.61 Å². The van der Waals surface area contributed by atoms with Gasteiger partial charge in [-0.15, -0.1) is 0 Å². The van der Waals surface area contributed by atoms with E-state index in [1.165, 1.54) is 24.5 Å². The highest BCUT2D eigenvalue weighted by atomic mass is 16.5. The van der Waals surface area contributed by atoms with E-state index in [9.17, 15) is 9.59 Å². The summed E-state index contributed by atoms with van der Waals surface area (Å²) in [5, 5.41) is 0. The summed E-state index contributed by atoms with van der Waals surface area (Å²) in [6, 6.07) is 3.86. The summed E-state index contributed by atoms with van der Waals surface area (Å²) < 4.78 is 5.72. The molecular formula is C15H16O3. The van der Waals surface area contributed by atoms with Crippen LogP contribution in [0.25, 0.3) is 0 Å². The van der Waals surface area contributed by atoms with Crippen LogP contribution in [-0.4, -0.2) is 18.2 Å². The van der Waals surface area contributed by atoms with Crippen LogP contribution in [-0.2, 0) is 17.6 Å². The molecule has 2 aliphatic rings. The topological polar surface area (TPSA) is 43.4 Å². The third-order valence-corrected chi connectivity index (χ3v) is 3.95. The molecule has 0 amide bonds. The first-order chi connectivity index (χ1) is 8.68. The van der Waals surface area contributed by atoms with Crippen molar-refractivity contribution in [2.45, 2.75) is 32.6 Å². The normalized spacial score (nSPS) is 21.8. The van der Waals surface area contributed by atoms with Crippen molar-refractivity contribution in [1.29, 1.82) is 0 Å². The van der Waals surface area contributed by atoms with Gasteiger partial charge in [0, 0.05) is 0 Å². The average molecular weight is 244 g/mol. The highest BCUT2D eigenvalue weighted by molar-refractivity contribution is 6.12. The van der Waals surface area contributed by atoms with Crippen LogP contribution in [0.1, 0.15) is 41.3 Å². The second kappa shape index (κ2) is 4.23. The Morgan fingerprint density at radius 2 is 2.06 bits per heavy atom. The minimum Gasteiger partial charge on any atom is -0.491 e. The Balaban J connectivity index is 2.07. The minimum atomic E-state index is -0.612. The van der Waals surface area contributed by atoms with E-state index in [2.05, 4.69) is 0 Å². The van der Waals surface area contributed by atoms with Gasteiger partial charge >= 0.3 is 0 Å². The van der Waals surface area contributed by atoms with Crippen molar-refractivity contribution in [1.82, 2.24) is 0 Å². The molecule has 0 radical (unpaired) electrons. The van der Waals surface area contributed by atoms with E-state index in [-0.39, 0.29) is 18.2 Å². The van der Waals surface area contributed by atoms with Crippen LogP contribution in [0.3, 0.4) is 0 Å². The van der Waals surface area contributed by atoms with Gasteiger partial charge in [0.2, 0.25) is 0 Å². The van der Waals surface area contributed by atoms with Gasteiger partial charge in [-0.1, -0.05) is 6.07 Å². The van der Waals surface area contributed by atoms with E-state index < -0.39 is 5.92 Å². The maximum Gasteiger partial charge on any atom is 0.180 e. The Morgan fingerprint density at radius 1 is 1.28 bits per heavy atom. The third kappa shape index (κ3) is 1.65. The zero-order chi connectivity index (χ0) is 12.7. The lowest BCUT2D eigenvalue weighted by atomic mass is 9.85. The molecule has 1 aliphatic carbocycles. The molecule has 0 bridgehead atoms. The van der Waals surface area contributed by atoms with Gasteiger partial charge in [0.25, 0.3) is 0 Å². The maximum atomic E-state index is 12.2. The molecule has 1 aliphatic heterocycles. The number of ketones is 2. The Hall–Kier alpha value is -1.64. The van der Waals surface area contributed by atoms with Crippen LogP contribution in [0, 0.1) is 5.92 Å². The molecule has 0 saturated carbocycles. The zero-order valence-electron chi connectivity index (χ0n) is 10.5. The molecule has 18 heavy (non-hydrogen) atoms. The van der Waals surface area contributed by atoms with Crippen molar-refractivity contribution in [3.63, 3.8) is 0 Å². The van der Waals surface area contributed by atoms with Gasteiger partial charge in [-0.2, -0.15) is 0 Å². The second-order valence-corrected chi connectivity index (χ2v) is 5.13. The number of fused-ring (bicyclic) bond motifs is 3. The Morgan fingerprint density at radius 3 is 2.83 bits per heavy atom. The summed E-state index contributed by atoms with van der Waals surface area (Å²) in [4.78, 5) is 23.7. The second-order valence-electron chi connectivity index (χ2n) is 5.13. The number of aryl methyl sites for hydroxylation is 1. The molecule has 3 nitrogen and oxygen atoms in total. The number of ether oxygens (including phenoxy) is 1. The summed E-state index contributed by atoms with van der Waals surface area (Å²) >= 11 is 0. The van der Waals surface area contributed by atoms with Crippen molar-refractivity contribution in [2.24, 2.45) is 5.92 Å². The van der Waals surface area contributed by atoms with Crippen molar-refractivity contribution >= 4 is 11.6 Å². The van der Waals surface area contributed by atoms with Crippen molar-refractivity contribution < 1.29 is 14.3 Å². The van der Waals surface area contributed by atoms with Gasteiger partial charge in [-0.25, -0.2) is 0 Å².